The molecule has 1 heterocycles. The molecule has 110 valence electrons. The van der Waals surface area contributed by atoms with Gasteiger partial charge in [0.1, 0.15) is 5.82 Å². The third-order valence-electron chi connectivity index (χ3n) is 4.40. The number of para-hydroxylation sites is 1. The maximum absolute atomic E-state index is 12.9. The van der Waals surface area contributed by atoms with Crippen LogP contribution in [-0.2, 0) is 0 Å². The minimum absolute atomic E-state index is 0.0944. The summed E-state index contributed by atoms with van der Waals surface area (Å²) in [7, 11) is 3.75. The second-order valence-corrected chi connectivity index (χ2v) is 5.68. The number of carbonyl (C=O) groups is 1. The summed E-state index contributed by atoms with van der Waals surface area (Å²) < 4.78 is 0. The van der Waals surface area contributed by atoms with Crippen LogP contribution in [0.4, 0.5) is 5.82 Å². The summed E-state index contributed by atoms with van der Waals surface area (Å²) in [6, 6.07) is 10.1. The SMILES string of the molecule is CNc1cc(C(=O)N(C)C2CCCC2)c2ccccc2n1. The highest BCUT2D eigenvalue weighted by atomic mass is 16.2. The molecule has 21 heavy (non-hydrogen) atoms. The molecule has 0 bridgehead atoms. The molecule has 0 atom stereocenters. The lowest BCUT2D eigenvalue weighted by molar-refractivity contribution is 0.0737. The van der Waals surface area contributed by atoms with Gasteiger partial charge in [-0.2, -0.15) is 0 Å². The van der Waals surface area contributed by atoms with Crippen molar-refractivity contribution in [1.29, 1.82) is 0 Å². The largest absolute Gasteiger partial charge is 0.373 e. The number of benzene rings is 1. The average Bonchev–Trinajstić information content (AvgIpc) is 3.06. The molecule has 0 spiro atoms. The van der Waals surface area contributed by atoms with E-state index in [0.29, 0.717) is 6.04 Å². The van der Waals surface area contributed by atoms with Gasteiger partial charge in [-0.05, 0) is 25.0 Å². The molecule has 4 heteroatoms. The predicted molar refractivity (Wildman–Crippen MR) is 85.6 cm³/mol. The number of fused-ring (bicyclic) bond motifs is 1. The monoisotopic (exact) mass is 283 g/mol. The smallest absolute Gasteiger partial charge is 0.254 e. The van der Waals surface area contributed by atoms with Crippen molar-refractivity contribution in [3.05, 3.63) is 35.9 Å². The van der Waals surface area contributed by atoms with Gasteiger partial charge in [0, 0.05) is 25.5 Å². The molecular weight excluding hydrogens is 262 g/mol. The van der Waals surface area contributed by atoms with Crippen LogP contribution in [0.5, 0.6) is 0 Å². The molecule has 1 aromatic heterocycles. The second-order valence-electron chi connectivity index (χ2n) is 5.68. The zero-order valence-corrected chi connectivity index (χ0v) is 12.6. The first kappa shape index (κ1) is 13.9. The fraction of sp³-hybridized carbons (Fsp3) is 0.412. The first-order valence-corrected chi connectivity index (χ1v) is 7.55. The third-order valence-corrected chi connectivity index (χ3v) is 4.40. The van der Waals surface area contributed by atoms with Gasteiger partial charge in [0.15, 0.2) is 0 Å². The molecule has 0 unspecified atom stereocenters. The van der Waals surface area contributed by atoms with E-state index in [0.717, 1.165) is 35.1 Å². The molecule has 3 rings (SSSR count). The first-order valence-electron chi connectivity index (χ1n) is 7.55. The maximum Gasteiger partial charge on any atom is 0.254 e. The van der Waals surface area contributed by atoms with Crippen molar-refractivity contribution in [2.45, 2.75) is 31.7 Å². The lowest BCUT2D eigenvalue weighted by Gasteiger charge is -2.25. The molecule has 1 aromatic carbocycles. The predicted octanol–water partition coefficient (Wildman–Crippen LogP) is 3.29. The lowest BCUT2D eigenvalue weighted by Crippen LogP contribution is -2.35. The molecule has 0 radical (unpaired) electrons. The Morgan fingerprint density at radius 3 is 2.71 bits per heavy atom. The summed E-state index contributed by atoms with van der Waals surface area (Å²) in [6.45, 7) is 0. The van der Waals surface area contributed by atoms with E-state index in [-0.39, 0.29) is 5.91 Å². The zero-order chi connectivity index (χ0) is 14.8. The quantitative estimate of drug-likeness (QED) is 0.940. The molecule has 0 aliphatic heterocycles. The van der Waals surface area contributed by atoms with E-state index in [9.17, 15) is 4.79 Å². The van der Waals surface area contributed by atoms with Crippen molar-refractivity contribution < 1.29 is 4.79 Å². The van der Waals surface area contributed by atoms with Crippen LogP contribution in [0.3, 0.4) is 0 Å². The van der Waals surface area contributed by atoms with Gasteiger partial charge in [0.05, 0.1) is 11.1 Å². The molecule has 1 amide bonds. The zero-order valence-electron chi connectivity index (χ0n) is 12.6. The topological polar surface area (TPSA) is 45.2 Å². The summed E-state index contributed by atoms with van der Waals surface area (Å²) >= 11 is 0. The number of pyridine rings is 1. The summed E-state index contributed by atoms with van der Waals surface area (Å²) in [5, 5.41) is 3.96. The lowest BCUT2D eigenvalue weighted by atomic mass is 10.1. The van der Waals surface area contributed by atoms with Crippen molar-refractivity contribution in [1.82, 2.24) is 9.88 Å². The van der Waals surface area contributed by atoms with Gasteiger partial charge in [-0.3, -0.25) is 4.79 Å². The molecule has 1 aliphatic rings. The normalized spacial score (nSPS) is 15.3. The van der Waals surface area contributed by atoms with Crippen molar-refractivity contribution in [2.24, 2.45) is 0 Å². The van der Waals surface area contributed by atoms with E-state index in [2.05, 4.69) is 10.3 Å². The number of nitrogens with zero attached hydrogens (tertiary/aromatic N) is 2. The van der Waals surface area contributed by atoms with Crippen molar-refractivity contribution >= 4 is 22.6 Å². The Labute approximate surface area is 125 Å². The van der Waals surface area contributed by atoms with Gasteiger partial charge in [0.25, 0.3) is 5.91 Å². The Kier molecular flexibility index (Phi) is 3.78. The van der Waals surface area contributed by atoms with Crippen LogP contribution in [0.25, 0.3) is 10.9 Å². The van der Waals surface area contributed by atoms with E-state index in [1.165, 1.54) is 12.8 Å². The number of anilines is 1. The van der Waals surface area contributed by atoms with Crippen molar-refractivity contribution in [3.63, 3.8) is 0 Å². The van der Waals surface area contributed by atoms with Crippen molar-refractivity contribution in [3.8, 4) is 0 Å². The summed E-state index contributed by atoms with van der Waals surface area (Å²) in [5.74, 6) is 0.828. The van der Waals surface area contributed by atoms with Crippen LogP contribution >= 0.6 is 0 Å². The highest BCUT2D eigenvalue weighted by Gasteiger charge is 2.25. The maximum atomic E-state index is 12.9. The number of rotatable bonds is 3. The van der Waals surface area contributed by atoms with Crippen LogP contribution in [-0.4, -0.2) is 35.9 Å². The number of amides is 1. The standard InChI is InChI=1S/C17H21N3O/c1-18-16-11-14(13-9-5-6-10-15(13)19-16)17(21)20(2)12-7-3-4-8-12/h5-6,9-12H,3-4,7-8H2,1-2H3,(H,18,19). The van der Waals surface area contributed by atoms with Crippen molar-refractivity contribution in [2.75, 3.05) is 19.4 Å². The molecule has 2 aromatic rings. The fourth-order valence-electron chi connectivity index (χ4n) is 3.13. The number of carbonyl (C=O) groups excluding carboxylic acids is 1. The highest BCUT2D eigenvalue weighted by molar-refractivity contribution is 6.07. The fourth-order valence-corrected chi connectivity index (χ4v) is 3.13. The summed E-state index contributed by atoms with van der Waals surface area (Å²) in [4.78, 5) is 19.3. The van der Waals surface area contributed by atoms with E-state index >= 15 is 0 Å². The summed E-state index contributed by atoms with van der Waals surface area (Å²) in [6.07, 6.45) is 4.68. The van der Waals surface area contributed by atoms with Crippen LogP contribution in [0.15, 0.2) is 30.3 Å². The van der Waals surface area contributed by atoms with Crippen LogP contribution in [0.2, 0.25) is 0 Å². The molecule has 1 fully saturated rings. The first-order chi connectivity index (χ1) is 10.2. The minimum Gasteiger partial charge on any atom is -0.373 e. The van der Waals surface area contributed by atoms with Gasteiger partial charge in [0.2, 0.25) is 0 Å². The molecule has 1 aliphatic carbocycles. The molecular formula is C17H21N3O. The Bertz CT molecular complexity index is 662. The van der Waals surface area contributed by atoms with Gasteiger partial charge in [-0.15, -0.1) is 0 Å². The highest BCUT2D eigenvalue weighted by Crippen LogP contribution is 2.26. The van der Waals surface area contributed by atoms with Gasteiger partial charge < -0.3 is 10.2 Å². The Hall–Kier alpha value is -2.10. The second kappa shape index (κ2) is 5.72. The van der Waals surface area contributed by atoms with E-state index in [1.807, 2.05) is 49.3 Å². The number of nitrogens with one attached hydrogen (secondary N) is 1. The summed E-state index contributed by atoms with van der Waals surface area (Å²) in [5.41, 5.74) is 1.59. The Balaban J connectivity index is 2.03. The minimum atomic E-state index is 0.0944. The van der Waals surface area contributed by atoms with Gasteiger partial charge in [-0.1, -0.05) is 31.0 Å². The molecule has 1 saturated carbocycles. The van der Waals surface area contributed by atoms with E-state index in [4.69, 9.17) is 0 Å². The average molecular weight is 283 g/mol. The van der Waals surface area contributed by atoms with Gasteiger partial charge >= 0.3 is 0 Å². The van der Waals surface area contributed by atoms with E-state index < -0.39 is 0 Å². The molecule has 1 N–H and O–H groups in total. The number of aromatic nitrogens is 1. The molecule has 0 saturated heterocycles. The van der Waals surface area contributed by atoms with Crippen LogP contribution in [0, 0.1) is 0 Å². The van der Waals surface area contributed by atoms with Crippen LogP contribution in [0.1, 0.15) is 36.0 Å². The third kappa shape index (κ3) is 2.58. The van der Waals surface area contributed by atoms with Gasteiger partial charge in [-0.25, -0.2) is 4.98 Å². The van der Waals surface area contributed by atoms with E-state index in [1.54, 1.807) is 0 Å². The Morgan fingerprint density at radius 1 is 1.29 bits per heavy atom. The Morgan fingerprint density at radius 2 is 2.00 bits per heavy atom. The van der Waals surface area contributed by atoms with Crippen LogP contribution < -0.4 is 5.32 Å². The molecule has 4 nitrogen and oxygen atoms in total. The number of hydrogen-bond acceptors (Lipinski definition) is 3. The number of hydrogen-bond donors (Lipinski definition) is 1.